The van der Waals surface area contributed by atoms with Gasteiger partial charge in [0.05, 0.1) is 0 Å². The van der Waals surface area contributed by atoms with Gasteiger partial charge in [0.25, 0.3) is 0 Å². The summed E-state index contributed by atoms with van der Waals surface area (Å²) < 4.78 is 0. The summed E-state index contributed by atoms with van der Waals surface area (Å²) >= 11 is 0. The molecule has 0 saturated heterocycles. The average Bonchev–Trinajstić information content (AvgIpc) is 1.93. The van der Waals surface area contributed by atoms with Crippen LogP contribution in [0.15, 0.2) is 0 Å². The molecule has 0 radical (unpaired) electrons. The van der Waals surface area contributed by atoms with Gasteiger partial charge in [0, 0.05) is 34.9 Å². The number of rotatable bonds is 4. The Morgan fingerprint density at radius 2 is 1.08 bits per heavy atom. The van der Waals surface area contributed by atoms with E-state index in [1.54, 1.807) is 0 Å². The van der Waals surface area contributed by atoms with Gasteiger partial charge >= 0.3 is 0 Å². The molecule has 0 saturated carbocycles. The molecule has 0 aliphatic carbocycles. The molecule has 0 aliphatic heterocycles. The molecule has 0 heterocycles. The Labute approximate surface area is 97.0 Å². The van der Waals surface area contributed by atoms with E-state index in [1.807, 2.05) is 0 Å². The Kier molecular flexibility index (Phi) is 57.1. The van der Waals surface area contributed by atoms with Gasteiger partial charge in [-0.3, -0.25) is 0 Å². The second kappa shape index (κ2) is 29.7. The molecule has 0 amide bonds. The van der Waals surface area contributed by atoms with E-state index in [-0.39, 0.29) is 34.1 Å². The van der Waals surface area contributed by atoms with Crippen LogP contribution in [-0.2, 0) is 21.7 Å². The summed E-state index contributed by atoms with van der Waals surface area (Å²) in [6, 6.07) is 0. The van der Waals surface area contributed by atoms with Crippen molar-refractivity contribution in [3.63, 3.8) is 0 Å². The largest absolute Gasteiger partial charge is 1.00 e. The number of hydrogen-bond acceptors (Lipinski definition) is 2. The van der Waals surface area contributed by atoms with E-state index < -0.39 is 0 Å². The molecule has 0 unspecified atom stereocenters. The van der Waals surface area contributed by atoms with E-state index in [4.69, 9.17) is 10.2 Å². The Balaban J connectivity index is -0.0000000457. The molecular formula is C8H20ClO2Ti-. The maximum absolute atomic E-state index is 8.07. The Morgan fingerprint density at radius 1 is 0.833 bits per heavy atom. The molecule has 4 heteroatoms. The van der Waals surface area contributed by atoms with Crippen molar-refractivity contribution in [3.8, 4) is 0 Å². The fourth-order valence-corrected chi connectivity index (χ4v) is 0.316. The van der Waals surface area contributed by atoms with Gasteiger partial charge in [-0.05, 0) is 12.8 Å². The van der Waals surface area contributed by atoms with E-state index in [0.29, 0.717) is 13.2 Å². The SMILES string of the molecule is CCCCO.CCCCO.[Cl-].[Ti]. The van der Waals surface area contributed by atoms with Crippen molar-refractivity contribution < 1.29 is 44.3 Å². The molecule has 0 spiro atoms. The normalized spacial score (nSPS) is 7.00. The van der Waals surface area contributed by atoms with Crippen molar-refractivity contribution in [1.29, 1.82) is 0 Å². The van der Waals surface area contributed by atoms with Crippen LogP contribution in [-0.4, -0.2) is 23.4 Å². The summed E-state index contributed by atoms with van der Waals surface area (Å²) in [6.07, 6.45) is 4.08. The van der Waals surface area contributed by atoms with Crippen LogP contribution >= 0.6 is 0 Å². The summed E-state index contributed by atoms with van der Waals surface area (Å²) in [5.41, 5.74) is 0. The van der Waals surface area contributed by atoms with Crippen molar-refractivity contribution >= 4 is 0 Å². The molecule has 0 fully saturated rings. The first-order valence-corrected chi connectivity index (χ1v) is 4.05. The molecule has 2 nitrogen and oxygen atoms in total. The zero-order valence-corrected chi connectivity index (χ0v) is 10.3. The molecule has 0 bridgehead atoms. The maximum atomic E-state index is 8.07. The van der Waals surface area contributed by atoms with E-state index in [1.165, 1.54) is 0 Å². The minimum absolute atomic E-state index is 0. The van der Waals surface area contributed by atoms with E-state index in [0.717, 1.165) is 25.7 Å². The third kappa shape index (κ3) is 44.4. The molecule has 76 valence electrons. The van der Waals surface area contributed by atoms with Crippen LogP contribution in [0.1, 0.15) is 39.5 Å². The summed E-state index contributed by atoms with van der Waals surface area (Å²) in [5.74, 6) is 0. The molecule has 0 aliphatic rings. The van der Waals surface area contributed by atoms with Crippen molar-refractivity contribution in [3.05, 3.63) is 0 Å². The predicted octanol–water partition coefficient (Wildman–Crippen LogP) is -1.44. The average molecular weight is 232 g/mol. The Morgan fingerprint density at radius 3 is 1.08 bits per heavy atom. The summed E-state index contributed by atoms with van der Waals surface area (Å²) in [5, 5.41) is 16.1. The summed E-state index contributed by atoms with van der Waals surface area (Å²) in [6.45, 7) is 4.79. The zero-order chi connectivity index (χ0) is 8.24. The molecule has 0 aromatic carbocycles. The van der Waals surface area contributed by atoms with Crippen molar-refractivity contribution in [2.45, 2.75) is 39.5 Å². The smallest absolute Gasteiger partial charge is 0.0430 e. The minimum Gasteiger partial charge on any atom is -1.00 e. The molecule has 0 atom stereocenters. The van der Waals surface area contributed by atoms with Crippen LogP contribution in [0.3, 0.4) is 0 Å². The summed E-state index contributed by atoms with van der Waals surface area (Å²) in [7, 11) is 0. The van der Waals surface area contributed by atoms with E-state index in [2.05, 4.69) is 13.8 Å². The van der Waals surface area contributed by atoms with Gasteiger partial charge in [0.2, 0.25) is 0 Å². The third-order valence-corrected chi connectivity index (χ3v) is 1.02. The van der Waals surface area contributed by atoms with Crippen LogP contribution in [0.4, 0.5) is 0 Å². The van der Waals surface area contributed by atoms with E-state index in [9.17, 15) is 0 Å². The Bertz CT molecular complexity index is 38.0. The molecular weight excluding hydrogens is 211 g/mol. The fourth-order valence-electron chi connectivity index (χ4n) is 0.316. The van der Waals surface area contributed by atoms with Gasteiger partial charge in [-0.1, -0.05) is 26.7 Å². The third-order valence-electron chi connectivity index (χ3n) is 1.02. The van der Waals surface area contributed by atoms with E-state index >= 15 is 0 Å². The number of halogens is 1. The van der Waals surface area contributed by atoms with Crippen molar-refractivity contribution in [1.82, 2.24) is 0 Å². The second-order valence-electron chi connectivity index (χ2n) is 2.15. The van der Waals surface area contributed by atoms with Crippen LogP contribution in [0.5, 0.6) is 0 Å². The first kappa shape index (κ1) is 23.1. The second-order valence-corrected chi connectivity index (χ2v) is 2.15. The summed E-state index contributed by atoms with van der Waals surface area (Å²) in [4.78, 5) is 0. The van der Waals surface area contributed by atoms with Gasteiger partial charge in [-0.15, -0.1) is 0 Å². The van der Waals surface area contributed by atoms with Crippen molar-refractivity contribution in [2.75, 3.05) is 13.2 Å². The fraction of sp³-hybridized carbons (Fsp3) is 1.00. The topological polar surface area (TPSA) is 40.5 Å². The zero-order valence-electron chi connectivity index (χ0n) is 8.02. The molecule has 12 heavy (non-hydrogen) atoms. The van der Waals surface area contributed by atoms with Gasteiger partial charge in [0.15, 0.2) is 0 Å². The molecule has 0 rings (SSSR count). The number of aliphatic hydroxyl groups excluding tert-OH is 2. The molecule has 0 aromatic rings. The van der Waals surface area contributed by atoms with Crippen LogP contribution in [0, 0.1) is 0 Å². The monoisotopic (exact) mass is 231 g/mol. The maximum Gasteiger partial charge on any atom is 0.0430 e. The quantitative estimate of drug-likeness (QED) is 0.582. The predicted molar refractivity (Wildman–Crippen MR) is 44.0 cm³/mol. The van der Waals surface area contributed by atoms with Crippen LogP contribution in [0.2, 0.25) is 0 Å². The minimum atomic E-state index is 0. The van der Waals surface area contributed by atoms with Crippen LogP contribution < -0.4 is 12.4 Å². The Hall–Kier alpha value is 0.924. The number of aliphatic hydroxyl groups is 2. The standard InChI is InChI=1S/2C4H10O.ClH.Ti/c2*1-2-3-4-5;;/h2*5H,2-4H2,1H3;1H;/p-1. The number of unbranched alkanes of at least 4 members (excludes halogenated alkanes) is 2. The molecule has 0 aromatic heterocycles. The van der Waals surface area contributed by atoms with Gasteiger partial charge in [-0.2, -0.15) is 0 Å². The first-order valence-electron chi connectivity index (χ1n) is 4.05. The van der Waals surface area contributed by atoms with Crippen LogP contribution in [0.25, 0.3) is 0 Å². The number of hydrogen-bond donors (Lipinski definition) is 2. The van der Waals surface area contributed by atoms with Crippen molar-refractivity contribution in [2.24, 2.45) is 0 Å². The molecule has 2 N–H and O–H groups in total. The van der Waals surface area contributed by atoms with Gasteiger partial charge in [-0.25, -0.2) is 0 Å². The van der Waals surface area contributed by atoms with Gasteiger partial charge in [0.1, 0.15) is 0 Å². The first-order chi connectivity index (χ1) is 4.83. The van der Waals surface area contributed by atoms with Gasteiger partial charge < -0.3 is 22.6 Å².